The first-order valence-electron chi connectivity index (χ1n) is 9.87. The molecule has 144 valence electrons. The number of esters is 1. The van der Waals surface area contributed by atoms with Crippen LogP contribution in [0.4, 0.5) is 0 Å². The van der Waals surface area contributed by atoms with Crippen molar-refractivity contribution >= 4 is 17.3 Å². The fourth-order valence-electron chi connectivity index (χ4n) is 2.99. The molecule has 2 aromatic carbocycles. The number of rotatable bonds is 8. The van der Waals surface area contributed by atoms with Gasteiger partial charge in [-0.25, -0.2) is 4.79 Å². The van der Waals surface area contributed by atoms with Crippen LogP contribution >= 0.6 is 11.3 Å². The third kappa shape index (κ3) is 5.43. The van der Waals surface area contributed by atoms with Gasteiger partial charge < -0.3 is 4.74 Å². The molecular formula is C25H26O2S. The van der Waals surface area contributed by atoms with Crippen molar-refractivity contribution in [2.75, 3.05) is 0 Å². The molecule has 0 aliphatic rings. The lowest BCUT2D eigenvalue weighted by Crippen LogP contribution is -2.01. The molecule has 0 saturated heterocycles. The second kappa shape index (κ2) is 10.0. The zero-order valence-corrected chi connectivity index (χ0v) is 17.3. The van der Waals surface area contributed by atoms with Gasteiger partial charge >= 0.3 is 5.97 Å². The lowest BCUT2D eigenvalue weighted by molar-refractivity contribution is -0.128. The zero-order chi connectivity index (χ0) is 19.8. The van der Waals surface area contributed by atoms with Gasteiger partial charge in [-0.05, 0) is 47.2 Å². The third-order valence-corrected chi connectivity index (χ3v) is 5.50. The summed E-state index contributed by atoms with van der Waals surface area (Å²) in [4.78, 5) is 12.9. The van der Waals surface area contributed by atoms with Crippen LogP contribution in [0.2, 0.25) is 0 Å². The third-order valence-electron chi connectivity index (χ3n) is 4.49. The van der Waals surface area contributed by atoms with Gasteiger partial charge in [0.15, 0.2) is 5.06 Å². The van der Waals surface area contributed by atoms with Crippen LogP contribution in [0.5, 0.6) is 5.06 Å². The van der Waals surface area contributed by atoms with E-state index >= 15 is 0 Å². The molecule has 0 spiro atoms. The Morgan fingerprint density at radius 2 is 1.50 bits per heavy atom. The smallest absolute Gasteiger partial charge is 0.336 e. The summed E-state index contributed by atoms with van der Waals surface area (Å²) in [7, 11) is 0. The van der Waals surface area contributed by atoms with Gasteiger partial charge in [0.2, 0.25) is 0 Å². The zero-order valence-electron chi connectivity index (χ0n) is 16.5. The summed E-state index contributed by atoms with van der Waals surface area (Å²) >= 11 is 1.49. The average molecular weight is 391 g/mol. The second-order valence-corrected chi connectivity index (χ2v) is 7.80. The molecule has 3 aromatic rings. The monoisotopic (exact) mass is 390 g/mol. The van der Waals surface area contributed by atoms with Gasteiger partial charge in [-0.3, -0.25) is 0 Å². The van der Waals surface area contributed by atoms with Crippen molar-refractivity contribution < 1.29 is 9.53 Å². The minimum absolute atomic E-state index is 0.316. The Hall–Kier alpha value is -2.65. The Morgan fingerprint density at radius 3 is 2.14 bits per heavy atom. The van der Waals surface area contributed by atoms with Crippen molar-refractivity contribution in [3.05, 3.63) is 78.4 Å². The molecule has 0 fully saturated rings. The van der Waals surface area contributed by atoms with Crippen LogP contribution < -0.4 is 4.74 Å². The summed E-state index contributed by atoms with van der Waals surface area (Å²) in [5, 5.41) is 0.622. The topological polar surface area (TPSA) is 26.3 Å². The normalized spacial score (nSPS) is 11.1. The predicted molar refractivity (Wildman–Crippen MR) is 119 cm³/mol. The number of benzene rings is 2. The van der Waals surface area contributed by atoms with E-state index in [9.17, 15) is 4.79 Å². The van der Waals surface area contributed by atoms with Crippen molar-refractivity contribution in [2.24, 2.45) is 0 Å². The number of carbonyl (C=O) groups excluding carboxylic acids is 1. The van der Waals surface area contributed by atoms with Gasteiger partial charge in [-0.2, -0.15) is 0 Å². The van der Waals surface area contributed by atoms with E-state index < -0.39 is 0 Å². The van der Waals surface area contributed by atoms with Crippen LogP contribution in [0.1, 0.15) is 38.7 Å². The van der Waals surface area contributed by atoms with Crippen LogP contribution in [0, 0.1) is 0 Å². The lowest BCUT2D eigenvalue weighted by Gasteiger charge is -2.05. The van der Waals surface area contributed by atoms with Gasteiger partial charge in [0.25, 0.3) is 0 Å². The Bertz CT molecular complexity index is 918. The molecule has 0 atom stereocenters. The van der Waals surface area contributed by atoms with Gasteiger partial charge in [0, 0.05) is 11.0 Å². The minimum Gasteiger partial charge on any atom is -0.412 e. The Labute approximate surface area is 171 Å². The molecule has 28 heavy (non-hydrogen) atoms. The molecule has 1 aromatic heterocycles. The molecule has 0 amide bonds. The molecule has 0 bridgehead atoms. The number of ether oxygens (including phenoxy) is 1. The molecule has 0 aliphatic carbocycles. The number of hydrogen-bond donors (Lipinski definition) is 0. The van der Waals surface area contributed by atoms with E-state index in [1.807, 2.05) is 18.2 Å². The Balaban J connectivity index is 1.67. The SMILES string of the molecule is CCC/C=C/C(=O)Oc1ccc(-c2ccc(-c3ccc(CCC)cc3)cc2)s1. The number of thiophene rings is 1. The molecule has 2 nitrogen and oxygen atoms in total. The van der Waals surface area contributed by atoms with Gasteiger partial charge in [-0.15, -0.1) is 0 Å². The highest BCUT2D eigenvalue weighted by Crippen LogP contribution is 2.34. The molecule has 0 aliphatic heterocycles. The van der Waals surface area contributed by atoms with Crippen LogP contribution in [-0.2, 0) is 11.2 Å². The van der Waals surface area contributed by atoms with E-state index in [0.717, 1.165) is 29.7 Å². The summed E-state index contributed by atoms with van der Waals surface area (Å²) in [6, 6.07) is 21.2. The van der Waals surface area contributed by atoms with Crippen LogP contribution in [-0.4, -0.2) is 5.97 Å². The molecule has 0 N–H and O–H groups in total. The number of allylic oxidation sites excluding steroid dienone is 1. The quantitative estimate of drug-likeness (QED) is 0.298. The van der Waals surface area contributed by atoms with Gasteiger partial charge in [0.05, 0.1) is 0 Å². The van der Waals surface area contributed by atoms with E-state index in [2.05, 4.69) is 62.4 Å². The van der Waals surface area contributed by atoms with Crippen molar-refractivity contribution in [3.8, 4) is 26.6 Å². The van der Waals surface area contributed by atoms with Crippen molar-refractivity contribution in [1.82, 2.24) is 0 Å². The van der Waals surface area contributed by atoms with Crippen LogP contribution in [0.25, 0.3) is 21.6 Å². The summed E-state index contributed by atoms with van der Waals surface area (Å²) < 4.78 is 5.38. The first-order valence-corrected chi connectivity index (χ1v) is 10.7. The maximum atomic E-state index is 11.8. The van der Waals surface area contributed by atoms with Crippen LogP contribution in [0.3, 0.4) is 0 Å². The standard InChI is InChI=1S/C25H26O2S/c1-3-5-6-8-24(26)27-25-18-17-23(28-25)22-15-13-21(14-16-22)20-11-9-19(7-4-2)10-12-20/h6,8-18H,3-5,7H2,1-2H3/b8-6+. The second-order valence-electron chi connectivity index (χ2n) is 6.76. The Kier molecular flexibility index (Phi) is 7.21. The number of carbonyl (C=O) groups is 1. The van der Waals surface area contributed by atoms with E-state index in [4.69, 9.17) is 4.74 Å². The van der Waals surface area contributed by atoms with E-state index in [1.165, 1.54) is 40.5 Å². The summed E-state index contributed by atoms with van der Waals surface area (Å²) in [5.41, 5.74) is 4.94. The molecule has 3 heteroatoms. The van der Waals surface area contributed by atoms with Gasteiger partial charge in [0.1, 0.15) is 0 Å². The highest BCUT2D eigenvalue weighted by atomic mass is 32.1. The molecule has 3 rings (SSSR count). The summed E-state index contributed by atoms with van der Waals surface area (Å²) in [6.07, 6.45) is 7.55. The number of aryl methyl sites for hydroxylation is 1. The molecule has 0 saturated carbocycles. The lowest BCUT2D eigenvalue weighted by atomic mass is 10.0. The average Bonchev–Trinajstić information content (AvgIpc) is 3.17. The van der Waals surface area contributed by atoms with E-state index in [1.54, 1.807) is 0 Å². The highest BCUT2D eigenvalue weighted by Gasteiger charge is 2.07. The number of hydrogen-bond acceptors (Lipinski definition) is 3. The largest absolute Gasteiger partial charge is 0.412 e. The van der Waals surface area contributed by atoms with Gasteiger partial charge in [-0.1, -0.05) is 92.6 Å². The fourth-order valence-corrected chi connectivity index (χ4v) is 3.86. The maximum absolute atomic E-state index is 11.8. The first-order chi connectivity index (χ1) is 13.7. The molecule has 0 unspecified atom stereocenters. The highest BCUT2D eigenvalue weighted by molar-refractivity contribution is 7.17. The van der Waals surface area contributed by atoms with Crippen molar-refractivity contribution in [2.45, 2.75) is 39.5 Å². The van der Waals surface area contributed by atoms with E-state index in [-0.39, 0.29) is 5.97 Å². The van der Waals surface area contributed by atoms with Crippen molar-refractivity contribution in [1.29, 1.82) is 0 Å². The summed E-state index contributed by atoms with van der Waals surface area (Å²) in [6.45, 7) is 4.28. The Morgan fingerprint density at radius 1 is 0.857 bits per heavy atom. The predicted octanol–water partition coefficient (Wildman–Crippen LogP) is 7.30. The minimum atomic E-state index is -0.316. The number of unbranched alkanes of at least 4 members (excludes halogenated alkanes) is 1. The summed E-state index contributed by atoms with van der Waals surface area (Å²) in [5.74, 6) is -0.316. The molecule has 1 heterocycles. The maximum Gasteiger partial charge on any atom is 0.336 e. The molecule has 0 radical (unpaired) electrons. The molecular weight excluding hydrogens is 364 g/mol. The van der Waals surface area contributed by atoms with Crippen molar-refractivity contribution in [3.63, 3.8) is 0 Å². The fraction of sp³-hybridized carbons (Fsp3) is 0.240. The van der Waals surface area contributed by atoms with Crippen LogP contribution in [0.15, 0.2) is 72.8 Å². The first kappa shape index (κ1) is 20.1. The van der Waals surface area contributed by atoms with E-state index in [0.29, 0.717) is 5.06 Å².